The van der Waals surface area contributed by atoms with Crippen LogP contribution in [0.25, 0.3) is 0 Å². The van der Waals surface area contributed by atoms with E-state index in [1.165, 1.54) is 0 Å². The van der Waals surface area contributed by atoms with Gasteiger partial charge in [0.15, 0.2) is 0 Å². The fraction of sp³-hybridized carbons (Fsp3) is 0.500. The maximum atomic E-state index is 10.2. The van der Waals surface area contributed by atoms with E-state index in [1.54, 1.807) is 12.2 Å². The second kappa shape index (κ2) is 19.6. The summed E-state index contributed by atoms with van der Waals surface area (Å²) in [5.41, 5.74) is 0. The van der Waals surface area contributed by atoms with Crippen LogP contribution in [0.1, 0.15) is 6.42 Å². The molecule has 0 aromatic rings. The molecular weight excluding hydrogens is 366 g/mol. The summed E-state index contributed by atoms with van der Waals surface area (Å²) in [5.74, 6) is -4.08. The van der Waals surface area contributed by atoms with Crippen molar-refractivity contribution in [1.82, 2.24) is 0 Å². The minimum atomic E-state index is -4.94. The molecule has 1 saturated heterocycles. The molecular formula is C12H18Na2O9S. The van der Waals surface area contributed by atoms with Crippen molar-refractivity contribution in [3.63, 3.8) is 0 Å². The van der Waals surface area contributed by atoms with E-state index < -0.39 is 33.7 Å². The van der Waals surface area contributed by atoms with Crippen molar-refractivity contribution in [2.75, 3.05) is 26.4 Å². The number of hydrogen-bond acceptors (Lipinski definition) is 8. The average Bonchev–Trinajstić information content (AvgIpc) is 3.23. The van der Waals surface area contributed by atoms with Crippen LogP contribution < -0.4 is 69.3 Å². The molecule has 0 aliphatic carbocycles. The second-order valence-corrected chi connectivity index (χ2v) is 5.22. The van der Waals surface area contributed by atoms with Crippen LogP contribution >= 0.6 is 0 Å². The number of carboxylic acids is 2. The zero-order valence-electron chi connectivity index (χ0n) is 13.8. The Balaban J connectivity index is -0.000000141. The first kappa shape index (κ1) is 32.0. The van der Waals surface area contributed by atoms with Gasteiger partial charge in [-0.3, -0.25) is 4.55 Å². The summed E-state index contributed by atoms with van der Waals surface area (Å²) in [7, 11) is -4.94. The predicted molar refractivity (Wildman–Crippen MR) is 72.0 cm³/mol. The van der Waals surface area contributed by atoms with Crippen molar-refractivity contribution >= 4 is 22.1 Å². The Morgan fingerprint density at radius 3 is 1.67 bits per heavy atom. The van der Waals surface area contributed by atoms with Gasteiger partial charge in [0.1, 0.15) is 5.25 Å². The van der Waals surface area contributed by atoms with Crippen LogP contribution in [0.2, 0.25) is 0 Å². The summed E-state index contributed by atoms with van der Waals surface area (Å²) in [6.07, 6.45) is 2.09. The van der Waals surface area contributed by atoms with Gasteiger partial charge >= 0.3 is 59.1 Å². The molecule has 1 heterocycles. The van der Waals surface area contributed by atoms with Gasteiger partial charge in [0.2, 0.25) is 0 Å². The number of hydrogen-bond donors (Lipinski definition) is 1. The van der Waals surface area contributed by atoms with Crippen LogP contribution in [0, 0.1) is 0 Å². The van der Waals surface area contributed by atoms with E-state index in [1.807, 2.05) is 0 Å². The Morgan fingerprint density at radius 2 is 1.54 bits per heavy atom. The molecule has 12 heteroatoms. The summed E-state index contributed by atoms with van der Waals surface area (Å²) < 4.78 is 37.9. The number of epoxide rings is 1. The number of ether oxygens (including phenoxy) is 2. The fourth-order valence-electron chi connectivity index (χ4n) is 0.696. The van der Waals surface area contributed by atoms with Crippen LogP contribution in [-0.4, -0.2) is 56.6 Å². The molecule has 128 valence electrons. The molecule has 1 fully saturated rings. The molecule has 0 aromatic carbocycles. The van der Waals surface area contributed by atoms with Crippen LogP contribution in [0.15, 0.2) is 25.3 Å². The third kappa shape index (κ3) is 27.1. The molecule has 0 bridgehead atoms. The standard InChI is InChI=1S/C6H10O.C4H6O7S.C2H4O.2Na/c1-3-5-7-6-4-2;5-3(6)1-2(4(7)8)12(9,10)11;1-2-3-1;;/h3-4H,1-2,5-6H2;2H,1H2,(H,5,6)(H,7,8)(H,9,10,11);1-2H2;;/q;;;2*+1/p-2. The number of carboxylic acid groups (broad SMARTS) is 2. The molecule has 1 N–H and O–H groups in total. The first-order valence-electron chi connectivity index (χ1n) is 5.91. The van der Waals surface area contributed by atoms with Crippen LogP contribution in [0.3, 0.4) is 0 Å². The van der Waals surface area contributed by atoms with Gasteiger partial charge in [0.25, 0.3) is 10.1 Å². The van der Waals surface area contributed by atoms with Crippen molar-refractivity contribution in [2.24, 2.45) is 0 Å². The first-order valence-corrected chi connectivity index (χ1v) is 7.41. The summed E-state index contributed by atoms with van der Waals surface area (Å²) >= 11 is 0. The van der Waals surface area contributed by atoms with Crippen LogP contribution in [0.5, 0.6) is 0 Å². The van der Waals surface area contributed by atoms with Gasteiger partial charge in [-0.15, -0.1) is 13.2 Å². The van der Waals surface area contributed by atoms with E-state index in [9.17, 15) is 28.2 Å². The predicted octanol–water partition coefficient (Wildman–Crippen LogP) is -8.47. The Morgan fingerprint density at radius 1 is 1.17 bits per heavy atom. The van der Waals surface area contributed by atoms with Crippen molar-refractivity contribution in [2.45, 2.75) is 11.7 Å². The Bertz CT molecular complexity index is 452. The van der Waals surface area contributed by atoms with Gasteiger partial charge in [0.05, 0.1) is 32.4 Å². The molecule has 0 amide bonds. The average molecular weight is 384 g/mol. The zero-order valence-corrected chi connectivity index (χ0v) is 18.6. The third-order valence-electron chi connectivity index (χ3n) is 1.65. The topological polar surface area (TPSA) is 156 Å². The van der Waals surface area contributed by atoms with Gasteiger partial charge in [-0.25, -0.2) is 0 Å². The molecule has 24 heavy (non-hydrogen) atoms. The molecule has 0 saturated carbocycles. The molecule has 0 aromatic heterocycles. The van der Waals surface area contributed by atoms with E-state index in [0.29, 0.717) is 13.2 Å². The molecule has 1 atom stereocenters. The third-order valence-corrected chi connectivity index (χ3v) is 2.73. The van der Waals surface area contributed by atoms with Gasteiger partial charge in [-0.05, 0) is 0 Å². The quantitative estimate of drug-likeness (QED) is 0.141. The SMILES string of the molecule is C1CO1.C=CCOCC=C.O=C([O-])CC(C(=O)[O-])S(=O)(=O)O.[Na+].[Na+]. The number of rotatable bonds is 8. The zero-order chi connectivity index (χ0) is 17.6. The Hall–Kier alpha value is 0.250. The normalized spacial score (nSPS) is 12.2. The van der Waals surface area contributed by atoms with Gasteiger partial charge in [-0.1, -0.05) is 12.2 Å². The number of aliphatic carboxylic acids is 2. The van der Waals surface area contributed by atoms with E-state index in [0.717, 1.165) is 13.2 Å². The van der Waals surface area contributed by atoms with E-state index in [4.69, 9.17) is 9.29 Å². The monoisotopic (exact) mass is 384 g/mol. The molecule has 1 aliphatic rings. The number of carbonyl (C=O) groups is 2. The van der Waals surface area contributed by atoms with E-state index in [-0.39, 0.29) is 59.1 Å². The minimum Gasteiger partial charge on any atom is -0.550 e. The maximum absolute atomic E-state index is 10.2. The van der Waals surface area contributed by atoms with Gasteiger partial charge in [0, 0.05) is 12.4 Å². The number of carbonyl (C=O) groups excluding carboxylic acids is 2. The maximum Gasteiger partial charge on any atom is 1.00 e. The van der Waals surface area contributed by atoms with E-state index >= 15 is 0 Å². The van der Waals surface area contributed by atoms with Crippen molar-refractivity contribution in [3.05, 3.63) is 25.3 Å². The van der Waals surface area contributed by atoms with Gasteiger partial charge < -0.3 is 29.3 Å². The smallest absolute Gasteiger partial charge is 0.550 e. The summed E-state index contributed by atoms with van der Waals surface area (Å²) in [4.78, 5) is 19.7. The Labute approximate surface area is 185 Å². The van der Waals surface area contributed by atoms with Crippen molar-refractivity contribution in [1.29, 1.82) is 0 Å². The summed E-state index contributed by atoms with van der Waals surface area (Å²) in [6, 6.07) is 0. The van der Waals surface area contributed by atoms with E-state index in [2.05, 4.69) is 17.9 Å². The largest absolute Gasteiger partial charge is 1.00 e. The van der Waals surface area contributed by atoms with Crippen molar-refractivity contribution in [3.8, 4) is 0 Å². The Kier molecular flexibility index (Phi) is 26.1. The van der Waals surface area contributed by atoms with Crippen molar-refractivity contribution < 1.29 is 101 Å². The van der Waals surface area contributed by atoms with Crippen LogP contribution in [-0.2, 0) is 29.2 Å². The summed E-state index contributed by atoms with van der Waals surface area (Å²) in [6.45, 7) is 10.2. The van der Waals surface area contributed by atoms with Crippen LogP contribution in [0.4, 0.5) is 0 Å². The molecule has 1 aliphatic heterocycles. The molecule has 0 radical (unpaired) electrons. The molecule has 0 spiro atoms. The fourth-order valence-corrected chi connectivity index (χ4v) is 1.29. The second-order valence-electron chi connectivity index (χ2n) is 3.63. The molecule has 1 unspecified atom stereocenters. The summed E-state index contributed by atoms with van der Waals surface area (Å²) in [5, 5.41) is 17.3. The first-order chi connectivity index (χ1) is 10.2. The molecule has 1 rings (SSSR count). The molecule has 9 nitrogen and oxygen atoms in total. The minimum absolute atomic E-state index is 0. The van der Waals surface area contributed by atoms with Gasteiger partial charge in [-0.2, -0.15) is 8.42 Å².